The molecular weight excluding hydrogens is 326 g/mol. The molecule has 0 aliphatic carbocycles. The van der Waals surface area contributed by atoms with Gasteiger partial charge in [0.2, 0.25) is 5.91 Å². The van der Waals surface area contributed by atoms with E-state index in [2.05, 4.69) is 23.8 Å². The Morgan fingerprint density at radius 1 is 1.27 bits per heavy atom. The Balaban J connectivity index is 1.81. The van der Waals surface area contributed by atoms with Gasteiger partial charge in [0.25, 0.3) is 5.56 Å². The quantitative estimate of drug-likeness (QED) is 0.864. The summed E-state index contributed by atoms with van der Waals surface area (Å²) in [6, 6.07) is 9.66. The molecule has 2 aromatic rings. The molecule has 1 aliphatic heterocycles. The maximum atomic E-state index is 12.8. The molecule has 1 N–H and O–H groups in total. The molecule has 1 atom stereocenters. The third-order valence-corrected chi connectivity index (χ3v) is 5.18. The second-order valence-electron chi connectivity index (χ2n) is 6.96. The standard InChI is InChI=1S/C21H27N3O2/c1-3-5-9-15(4-2)21(26)24-13-12-18-17(14-24)20(25)23-19(22-18)16-10-7-6-8-11-16/h6-8,10-11,15H,3-5,9,12-14H2,1-2H3,(H,22,23,25)/t15-/m1/s1. The zero-order valence-electron chi connectivity index (χ0n) is 15.6. The summed E-state index contributed by atoms with van der Waals surface area (Å²) < 4.78 is 0. The van der Waals surface area contributed by atoms with Gasteiger partial charge in [0.15, 0.2) is 0 Å². The highest BCUT2D eigenvalue weighted by Gasteiger charge is 2.28. The van der Waals surface area contributed by atoms with Gasteiger partial charge in [-0.25, -0.2) is 4.98 Å². The molecule has 5 heteroatoms. The van der Waals surface area contributed by atoms with E-state index in [1.54, 1.807) is 0 Å². The Morgan fingerprint density at radius 2 is 2.04 bits per heavy atom. The molecule has 2 heterocycles. The number of unbranched alkanes of at least 4 members (excludes halogenated alkanes) is 1. The molecule has 0 saturated carbocycles. The van der Waals surface area contributed by atoms with Crippen LogP contribution in [0, 0.1) is 5.92 Å². The van der Waals surface area contributed by atoms with Gasteiger partial charge in [-0.3, -0.25) is 9.59 Å². The van der Waals surface area contributed by atoms with E-state index in [1.807, 2.05) is 35.2 Å². The van der Waals surface area contributed by atoms with Gasteiger partial charge >= 0.3 is 0 Å². The number of carbonyl (C=O) groups is 1. The smallest absolute Gasteiger partial charge is 0.256 e. The third-order valence-electron chi connectivity index (χ3n) is 5.18. The van der Waals surface area contributed by atoms with Gasteiger partial charge in [0.1, 0.15) is 5.82 Å². The van der Waals surface area contributed by atoms with Crippen LogP contribution < -0.4 is 5.56 Å². The lowest BCUT2D eigenvalue weighted by Crippen LogP contribution is -2.42. The number of fused-ring (bicyclic) bond motifs is 1. The first-order valence-electron chi connectivity index (χ1n) is 9.60. The maximum absolute atomic E-state index is 12.8. The van der Waals surface area contributed by atoms with Gasteiger partial charge in [0, 0.05) is 24.4 Å². The molecule has 0 unspecified atom stereocenters. The molecule has 0 bridgehead atoms. The van der Waals surface area contributed by atoms with Crippen molar-refractivity contribution in [3.8, 4) is 11.4 Å². The van der Waals surface area contributed by atoms with Crippen LogP contribution in [0.25, 0.3) is 11.4 Å². The Hall–Kier alpha value is -2.43. The van der Waals surface area contributed by atoms with Crippen molar-refractivity contribution in [2.24, 2.45) is 5.92 Å². The second-order valence-corrected chi connectivity index (χ2v) is 6.96. The average molecular weight is 353 g/mol. The van der Waals surface area contributed by atoms with Crippen molar-refractivity contribution in [2.45, 2.75) is 52.5 Å². The highest BCUT2D eigenvalue weighted by atomic mass is 16.2. The second kappa shape index (κ2) is 8.30. The largest absolute Gasteiger partial charge is 0.337 e. The lowest BCUT2D eigenvalue weighted by Gasteiger charge is -2.31. The van der Waals surface area contributed by atoms with Gasteiger partial charge in [-0.1, -0.05) is 57.0 Å². The lowest BCUT2D eigenvalue weighted by atomic mass is 9.96. The van der Waals surface area contributed by atoms with Crippen LogP contribution in [-0.4, -0.2) is 27.3 Å². The van der Waals surface area contributed by atoms with Crippen LogP contribution in [0.5, 0.6) is 0 Å². The summed E-state index contributed by atoms with van der Waals surface area (Å²) in [5.41, 5.74) is 2.22. The first-order valence-corrected chi connectivity index (χ1v) is 9.60. The summed E-state index contributed by atoms with van der Waals surface area (Å²) >= 11 is 0. The maximum Gasteiger partial charge on any atom is 0.256 e. The number of aromatic nitrogens is 2. The zero-order valence-corrected chi connectivity index (χ0v) is 15.6. The molecule has 0 saturated heterocycles. The van der Waals surface area contributed by atoms with Gasteiger partial charge in [0.05, 0.1) is 17.8 Å². The van der Waals surface area contributed by atoms with E-state index < -0.39 is 0 Å². The van der Waals surface area contributed by atoms with E-state index in [9.17, 15) is 9.59 Å². The monoisotopic (exact) mass is 353 g/mol. The number of rotatable bonds is 6. The number of hydrogen-bond donors (Lipinski definition) is 1. The highest BCUT2D eigenvalue weighted by Crippen LogP contribution is 2.22. The van der Waals surface area contributed by atoms with Gasteiger partial charge in [-0.05, 0) is 12.8 Å². The van der Waals surface area contributed by atoms with E-state index in [1.165, 1.54) is 0 Å². The number of aromatic amines is 1. The number of H-pyrrole nitrogens is 1. The molecule has 1 aromatic carbocycles. The molecule has 5 nitrogen and oxygen atoms in total. The number of amides is 1. The molecule has 1 aliphatic rings. The van der Waals surface area contributed by atoms with Crippen LogP contribution in [0.15, 0.2) is 35.1 Å². The third kappa shape index (κ3) is 3.87. The first kappa shape index (κ1) is 18.4. The van der Waals surface area contributed by atoms with Crippen molar-refractivity contribution >= 4 is 5.91 Å². The van der Waals surface area contributed by atoms with Crippen molar-refractivity contribution in [3.05, 3.63) is 51.9 Å². The first-order chi connectivity index (χ1) is 12.6. The fraction of sp³-hybridized carbons (Fsp3) is 0.476. The molecule has 26 heavy (non-hydrogen) atoms. The molecule has 0 radical (unpaired) electrons. The Morgan fingerprint density at radius 3 is 2.73 bits per heavy atom. The van der Waals surface area contributed by atoms with Gasteiger partial charge < -0.3 is 9.88 Å². The number of benzene rings is 1. The summed E-state index contributed by atoms with van der Waals surface area (Å²) in [4.78, 5) is 34.8. The summed E-state index contributed by atoms with van der Waals surface area (Å²) in [7, 11) is 0. The van der Waals surface area contributed by atoms with Crippen molar-refractivity contribution in [1.29, 1.82) is 0 Å². The Bertz CT molecular complexity index is 814. The normalized spacial score (nSPS) is 14.8. The van der Waals surface area contributed by atoms with E-state index in [0.717, 1.165) is 36.9 Å². The number of hydrogen-bond acceptors (Lipinski definition) is 3. The van der Waals surface area contributed by atoms with Gasteiger partial charge in [-0.15, -0.1) is 0 Å². The minimum atomic E-state index is -0.132. The predicted octanol–water partition coefficient (Wildman–Crippen LogP) is 3.54. The molecule has 1 aromatic heterocycles. The number of nitrogens with zero attached hydrogens (tertiary/aromatic N) is 2. The van der Waals surface area contributed by atoms with Crippen molar-refractivity contribution < 1.29 is 4.79 Å². The predicted molar refractivity (Wildman–Crippen MR) is 103 cm³/mol. The van der Waals surface area contributed by atoms with Crippen molar-refractivity contribution in [2.75, 3.05) is 6.54 Å². The molecule has 0 fully saturated rings. The Kier molecular flexibility index (Phi) is 5.86. The highest BCUT2D eigenvalue weighted by molar-refractivity contribution is 5.79. The van der Waals surface area contributed by atoms with E-state index >= 15 is 0 Å². The van der Waals surface area contributed by atoms with Crippen LogP contribution in [0.2, 0.25) is 0 Å². The lowest BCUT2D eigenvalue weighted by molar-refractivity contribution is -0.136. The molecule has 1 amide bonds. The van der Waals surface area contributed by atoms with Crippen molar-refractivity contribution in [1.82, 2.24) is 14.9 Å². The Labute approximate surface area is 154 Å². The molecule has 3 rings (SSSR count). The minimum Gasteiger partial charge on any atom is -0.337 e. The SMILES string of the molecule is CCCC[C@@H](CC)C(=O)N1CCc2nc(-c3ccccc3)[nH]c(=O)c2C1. The van der Waals surface area contributed by atoms with E-state index in [0.29, 0.717) is 30.9 Å². The molecular formula is C21H27N3O2. The summed E-state index contributed by atoms with van der Waals surface area (Å²) in [6.45, 7) is 5.22. The average Bonchev–Trinajstić information content (AvgIpc) is 2.68. The number of carbonyl (C=O) groups excluding carboxylic acids is 1. The van der Waals surface area contributed by atoms with E-state index in [-0.39, 0.29) is 17.4 Å². The molecule has 138 valence electrons. The summed E-state index contributed by atoms with van der Waals surface area (Å²) in [6.07, 6.45) is 4.57. The van der Waals surface area contributed by atoms with Crippen LogP contribution >= 0.6 is 0 Å². The minimum absolute atomic E-state index is 0.0622. The number of nitrogens with one attached hydrogen (secondary N) is 1. The van der Waals surface area contributed by atoms with Crippen LogP contribution in [0.4, 0.5) is 0 Å². The topological polar surface area (TPSA) is 66.1 Å². The molecule has 0 spiro atoms. The summed E-state index contributed by atoms with van der Waals surface area (Å²) in [5.74, 6) is 0.841. The van der Waals surface area contributed by atoms with E-state index in [4.69, 9.17) is 0 Å². The van der Waals surface area contributed by atoms with Crippen LogP contribution in [0.1, 0.15) is 50.8 Å². The summed E-state index contributed by atoms with van der Waals surface area (Å²) in [5, 5.41) is 0. The zero-order chi connectivity index (χ0) is 18.5. The fourth-order valence-electron chi connectivity index (χ4n) is 3.56. The van der Waals surface area contributed by atoms with Gasteiger partial charge in [-0.2, -0.15) is 0 Å². The van der Waals surface area contributed by atoms with Crippen LogP contribution in [-0.2, 0) is 17.8 Å². The van der Waals surface area contributed by atoms with Crippen molar-refractivity contribution in [3.63, 3.8) is 0 Å². The fourth-order valence-corrected chi connectivity index (χ4v) is 3.56. The van der Waals surface area contributed by atoms with Crippen LogP contribution in [0.3, 0.4) is 0 Å².